The van der Waals surface area contributed by atoms with Crippen LogP contribution in [0.2, 0.25) is 0 Å². The molecule has 0 spiro atoms. The molecule has 18 heavy (non-hydrogen) atoms. The number of aryl methyl sites for hydroxylation is 1. The topological polar surface area (TPSA) is 44.1 Å². The van der Waals surface area contributed by atoms with Gasteiger partial charge < -0.3 is 4.74 Å². The van der Waals surface area contributed by atoms with E-state index in [-0.39, 0.29) is 12.1 Å². The van der Waals surface area contributed by atoms with Gasteiger partial charge in [0.25, 0.3) is 0 Å². The molecular formula is C14H22N2O2. The second-order valence-electron chi connectivity index (χ2n) is 5.16. The lowest BCUT2D eigenvalue weighted by molar-refractivity contribution is 0.000627. The van der Waals surface area contributed by atoms with Gasteiger partial charge in [0, 0.05) is 12.7 Å². The minimum absolute atomic E-state index is 0.0934. The Morgan fingerprint density at radius 2 is 2.22 bits per heavy atom. The molecule has 1 aromatic heterocycles. The van der Waals surface area contributed by atoms with Gasteiger partial charge in [-0.3, -0.25) is 4.68 Å². The van der Waals surface area contributed by atoms with Crippen molar-refractivity contribution in [1.82, 2.24) is 9.78 Å². The zero-order valence-electron chi connectivity index (χ0n) is 11.5. The molecule has 2 unspecified atom stereocenters. The van der Waals surface area contributed by atoms with E-state index in [2.05, 4.69) is 12.0 Å². The Bertz CT molecular complexity index is 425. The van der Waals surface area contributed by atoms with Crippen LogP contribution in [0, 0.1) is 12.8 Å². The molecule has 0 aliphatic heterocycles. The largest absolute Gasteiger partial charge is 0.458 e. The normalized spacial score (nSPS) is 23.9. The van der Waals surface area contributed by atoms with Crippen molar-refractivity contribution < 1.29 is 9.53 Å². The van der Waals surface area contributed by atoms with Gasteiger partial charge in [0.2, 0.25) is 0 Å². The molecule has 2 rings (SSSR count). The fraction of sp³-hybridized carbons (Fsp3) is 0.714. The number of carbonyl (C=O) groups is 1. The van der Waals surface area contributed by atoms with Gasteiger partial charge >= 0.3 is 5.97 Å². The van der Waals surface area contributed by atoms with E-state index in [1.165, 1.54) is 19.3 Å². The second-order valence-corrected chi connectivity index (χ2v) is 5.16. The van der Waals surface area contributed by atoms with E-state index < -0.39 is 0 Å². The smallest absolute Gasteiger partial charge is 0.341 e. The Labute approximate surface area is 108 Å². The van der Waals surface area contributed by atoms with Gasteiger partial charge in [0.1, 0.15) is 11.7 Å². The Morgan fingerprint density at radius 1 is 1.50 bits per heavy atom. The van der Waals surface area contributed by atoms with E-state index in [0.717, 1.165) is 18.5 Å². The molecular weight excluding hydrogens is 228 g/mol. The quantitative estimate of drug-likeness (QED) is 0.775. The summed E-state index contributed by atoms with van der Waals surface area (Å²) in [5.74, 6) is 0.311. The SMILES string of the molecule is CCC1CCCCC1OC(=O)c1cnn(C)c1C. The fourth-order valence-electron chi connectivity index (χ4n) is 2.70. The molecule has 0 aromatic carbocycles. The van der Waals surface area contributed by atoms with Gasteiger partial charge in [-0.2, -0.15) is 5.10 Å². The molecule has 1 heterocycles. The maximum atomic E-state index is 12.1. The molecule has 100 valence electrons. The maximum absolute atomic E-state index is 12.1. The summed E-state index contributed by atoms with van der Waals surface area (Å²) in [5, 5.41) is 4.09. The van der Waals surface area contributed by atoms with Crippen molar-refractivity contribution in [3.63, 3.8) is 0 Å². The first kappa shape index (κ1) is 13.1. The van der Waals surface area contributed by atoms with Crippen LogP contribution in [-0.4, -0.2) is 21.9 Å². The third kappa shape index (κ3) is 2.57. The zero-order valence-corrected chi connectivity index (χ0v) is 11.5. The predicted molar refractivity (Wildman–Crippen MR) is 69.4 cm³/mol. The van der Waals surface area contributed by atoms with Crippen molar-refractivity contribution in [1.29, 1.82) is 0 Å². The van der Waals surface area contributed by atoms with E-state index in [4.69, 9.17) is 4.74 Å². The van der Waals surface area contributed by atoms with Crippen molar-refractivity contribution in [2.75, 3.05) is 0 Å². The first-order chi connectivity index (χ1) is 8.63. The molecule has 1 saturated carbocycles. The Kier molecular flexibility index (Phi) is 4.04. The summed E-state index contributed by atoms with van der Waals surface area (Å²) in [6, 6.07) is 0. The summed E-state index contributed by atoms with van der Waals surface area (Å²) in [4.78, 5) is 12.1. The first-order valence-corrected chi connectivity index (χ1v) is 6.83. The lowest BCUT2D eigenvalue weighted by Gasteiger charge is -2.30. The van der Waals surface area contributed by atoms with Crippen molar-refractivity contribution in [2.24, 2.45) is 13.0 Å². The molecule has 1 fully saturated rings. The summed E-state index contributed by atoms with van der Waals surface area (Å²) in [7, 11) is 1.83. The van der Waals surface area contributed by atoms with Crippen molar-refractivity contribution in [2.45, 2.75) is 52.1 Å². The number of ether oxygens (including phenoxy) is 1. The highest BCUT2D eigenvalue weighted by atomic mass is 16.5. The van der Waals surface area contributed by atoms with Gasteiger partial charge in [0.15, 0.2) is 0 Å². The van der Waals surface area contributed by atoms with Crippen LogP contribution in [-0.2, 0) is 11.8 Å². The van der Waals surface area contributed by atoms with Crippen LogP contribution >= 0.6 is 0 Å². The zero-order chi connectivity index (χ0) is 13.1. The number of aromatic nitrogens is 2. The van der Waals surface area contributed by atoms with Crippen LogP contribution in [0.15, 0.2) is 6.20 Å². The van der Waals surface area contributed by atoms with Crippen molar-refractivity contribution >= 4 is 5.97 Å². The highest BCUT2D eigenvalue weighted by molar-refractivity contribution is 5.90. The maximum Gasteiger partial charge on any atom is 0.341 e. The minimum atomic E-state index is -0.217. The highest BCUT2D eigenvalue weighted by Crippen LogP contribution is 2.29. The van der Waals surface area contributed by atoms with Gasteiger partial charge in [0.05, 0.1) is 6.20 Å². The summed E-state index contributed by atoms with van der Waals surface area (Å²) >= 11 is 0. The highest BCUT2D eigenvalue weighted by Gasteiger charge is 2.28. The number of carbonyl (C=O) groups excluding carboxylic acids is 1. The number of esters is 1. The van der Waals surface area contributed by atoms with E-state index in [1.54, 1.807) is 10.9 Å². The Morgan fingerprint density at radius 3 is 2.83 bits per heavy atom. The van der Waals surface area contributed by atoms with Crippen LogP contribution in [0.4, 0.5) is 0 Å². The van der Waals surface area contributed by atoms with Crippen molar-refractivity contribution in [3.05, 3.63) is 17.5 Å². The van der Waals surface area contributed by atoms with Gasteiger partial charge in [-0.25, -0.2) is 4.79 Å². The predicted octanol–water partition coefficient (Wildman–Crippen LogP) is 2.85. The molecule has 0 bridgehead atoms. The minimum Gasteiger partial charge on any atom is -0.458 e. The third-order valence-corrected chi connectivity index (χ3v) is 4.08. The summed E-state index contributed by atoms with van der Waals surface area (Å²) in [5.41, 5.74) is 1.46. The molecule has 4 heteroatoms. The van der Waals surface area contributed by atoms with Crippen LogP contribution in [0.1, 0.15) is 55.1 Å². The first-order valence-electron chi connectivity index (χ1n) is 6.83. The molecule has 1 aromatic rings. The lowest BCUT2D eigenvalue weighted by Crippen LogP contribution is -2.29. The number of nitrogens with zero attached hydrogens (tertiary/aromatic N) is 2. The number of rotatable bonds is 3. The number of hydrogen-bond acceptors (Lipinski definition) is 3. The molecule has 0 amide bonds. The Balaban J connectivity index is 2.04. The van der Waals surface area contributed by atoms with Crippen molar-refractivity contribution in [3.8, 4) is 0 Å². The third-order valence-electron chi connectivity index (χ3n) is 4.08. The van der Waals surface area contributed by atoms with Gasteiger partial charge in [-0.05, 0) is 38.5 Å². The standard InChI is InChI=1S/C14H22N2O2/c1-4-11-7-5-6-8-13(11)18-14(17)12-9-15-16(3)10(12)2/h9,11,13H,4-8H2,1-3H3. The fourth-order valence-corrected chi connectivity index (χ4v) is 2.70. The van der Waals surface area contributed by atoms with Crippen LogP contribution in [0.25, 0.3) is 0 Å². The molecule has 2 atom stereocenters. The monoisotopic (exact) mass is 250 g/mol. The Hall–Kier alpha value is -1.32. The van der Waals surface area contributed by atoms with E-state index in [9.17, 15) is 4.79 Å². The second kappa shape index (κ2) is 5.55. The summed E-state index contributed by atoms with van der Waals surface area (Å²) in [6.45, 7) is 4.06. The average molecular weight is 250 g/mol. The summed E-state index contributed by atoms with van der Waals surface area (Å²) < 4.78 is 7.39. The average Bonchev–Trinajstić information content (AvgIpc) is 2.71. The summed E-state index contributed by atoms with van der Waals surface area (Å²) in [6.07, 6.45) is 7.39. The van der Waals surface area contributed by atoms with Gasteiger partial charge in [-0.1, -0.05) is 13.3 Å². The van der Waals surface area contributed by atoms with Gasteiger partial charge in [-0.15, -0.1) is 0 Å². The van der Waals surface area contributed by atoms with E-state index in [1.807, 2.05) is 14.0 Å². The molecule has 4 nitrogen and oxygen atoms in total. The molecule has 0 N–H and O–H groups in total. The molecule has 1 aliphatic rings. The van der Waals surface area contributed by atoms with E-state index in [0.29, 0.717) is 11.5 Å². The van der Waals surface area contributed by atoms with Crippen LogP contribution < -0.4 is 0 Å². The molecule has 0 radical (unpaired) electrons. The number of hydrogen-bond donors (Lipinski definition) is 0. The molecule has 0 saturated heterocycles. The van der Waals surface area contributed by atoms with Crippen LogP contribution in [0.3, 0.4) is 0 Å². The van der Waals surface area contributed by atoms with E-state index >= 15 is 0 Å². The van der Waals surface area contributed by atoms with Crippen LogP contribution in [0.5, 0.6) is 0 Å². The molecule has 1 aliphatic carbocycles. The lowest BCUT2D eigenvalue weighted by atomic mass is 9.85.